The summed E-state index contributed by atoms with van der Waals surface area (Å²) in [6.07, 6.45) is 2.61. The molecule has 0 radical (unpaired) electrons. The molecule has 1 rings (SSSR count). The van der Waals surface area contributed by atoms with Gasteiger partial charge in [0.25, 0.3) is 0 Å². The van der Waals surface area contributed by atoms with E-state index in [4.69, 9.17) is 16.3 Å². The van der Waals surface area contributed by atoms with Gasteiger partial charge in [-0.1, -0.05) is 12.1 Å². The summed E-state index contributed by atoms with van der Waals surface area (Å²) in [5, 5.41) is 1.13. The Kier molecular flexibility index (Phi) is 4.08. The molecule has 4 nitrogen and oxygen atoms in total. The van der Waals surface area contributed by atoms with E-state index in [1.54, 1.807) is 12.1 Å². The minimum absolute atomic E-state index is 0.265. The number of rotatable bonds is 4. The number of anilines is 1. The van der Waals surface area contributed by atoms with Crippen LogP contribution in [-0.4, -0.2) is 7.11 Å². The molecule has 0 aromatic heterocycles. The number of ether oxygens (including phenoxy) is 1. The third-order valence-electron chi connectivity index (χ3n) is 1.88. The summed E-state index contributed by atoms with van der Waals surface area (Å²) in [5.41, 5.74) is 6.11. The standard InChI is InChI=1S/C10H14FN3O/c1-15-7-8-3-2-4-9(11)10(8)14(13)6-5-12/h2-6H,7,12-13H2,1H3/b6-5-. The molecule has 0 amide bonds. The number of benzene rings is 1. The van der Waals surface area contributed by atoms with Crippen LogP contribution < -0.4 is 16.6 Å². The zero-order valence-corrected chi connectivity index (χ0v) is 8.48. The fourth-order valence-electron chi connectivity index (χ4n) is 1.29. The van der Waals surface area contributed by atoms with Crippen molar-refractivity contribution >= 4 is 5.69 Å². The molecule has 0 bridgehead atoms. The highest BCUT2D eigenvalue weighted by Gasteiger charge is 2.11. The maximum Gasteiger partial charge on any atom is 0.148 e. The van der Waals surface area contributed by atoms with Crippen LogP contribution in [0.1, 0.15) is 5.56 Å². The van der Waals surface area contributed by atoms with E-state index in [9.17, 15) is 4.39 Å². The lowest BCUT2D eigenvalue weighted by atomic mass is 10.1. The van der Waals surface area contributed by atoms with E-state index in [1.807, 2.05) is 0 Å². The van der Waals surface area contributed by atoms with Gasteiger partial charge in [-0.05, 0) is 6.07 Å². The van der Waals surface area contributed by atoms with Crippen LogP contribution in [0.4, 0.5) is 10.1 Å². The highest BCUT2D eigenvalue weighted by Crippen LogP contribution is 2.23. The summed E-state index contributed by atoms with van der Waals surface area (Å²) in [5.74, 6) is 5.20. The van der Waals surface area contributed by atoms with Crippen molar-refractivity contribution in [1.82, 2.24) is 0 Å². The molecule has 0 unspecified atom stereocenters. The van der Waals surface area contributed by atoms with E-state index in [-0.39, 0.29) is 5.69 Å². The lowest BCUT2D eigenvalue weighted by molar-refractivity contribution is 0.185. The molecule has 82 valence electrons. The molecule has 4 N–H and O–H groups in total. The van der Waals surface area contributed by atoms with E-state index in [1.165, 1.54) is 25.6 Å². The fourth-order valence-corrected chi connectivity index (χ4v) is 1.29. The highest BCUT2D eigenvalue weighted by atomic mass is 19.1. The smallest absolute Gasteiger partial charge is 0.148 e. The summed E-state index contributed by atoms with van der Waals surface area (Å²) in [4.78, 5) is 0. The van der Waals surface area contributed by atoms with Gasteiger partial charge in [-0.25, -0.2) is 10.2 Å². The molecule has 1 aromatic carbocycles. The lowest BCUT2D eigenvalue weighted by Gasteiger charge is -2.18. The lowest BCUT2D eigenvalue weighted by Crippen LogP contribution is -2.27. The number of hydrazine groups is 1. The molecular formula is C10H14FN3O. The van der Waals surface area contributed by atoms with Gasteiger partial charge in [0.15, 0.2) is 0 Å². The molecule has 0 aliphatic carbocycles. The van der Waals surface area contributed by atoms with E-state index < -0.39 is 5.82 Å². The van der Waals surface area contributed by atoms with Crippen LogP contribution in [-0.2, 0) is 11.3 Å². The van der Waals surface area contributed by atoms with E-state index in [0.717, 1.165) is 5.01 Å². The van der Waals surface area contributed by atoms with Gasteiger partial charge in [0, 0.05) is 25.1 Å². The van der Waals surface area contributed by atoms with Crippen LogP contribution in [0.5, 0.6) is 0 Å². The van der Waals surface area contributed by atoms with Gasteiger partial charge >= 0.3 is 0 Å². The summed E-state index contributed by atoms with van der Waals surface area (Å²) in [6, 6.07) is 4.68. The van der Waals surface area contributed by atoms with Crippen LogP contribution in [0.15, 0.2) is 30.6 Å². The van der Waals surface area contributed by atoms with E-state index >= 15 is 0 Å². The largest absolute Gasteiger partial charge is 0.403 e. The minimum Gasteiger partial charge on any atom is -0.403 e. The molecule has 15 heavy (non-hydrogen) atoms. The maximum absolute atomic E-state index is 13.5. The Morgan fingerprint density at radius 3 is 2.87 bits per heavy atom. The first-order valence-corrected chi connectivity index (χ1v) is 4.39. The Balaban J connectivity index is 3.11. The summed E-state index contributed by atoms with van der Waals surface area (Å²) in [7, 11) is 1.54. The third-order valence-corrected chi connectivity index (χ3v) is 1.88. The SMILES string of the molecule is COCc1cccc(F)c1N(N)/C=C\N. The van der Waals surface area contributed by atoms with Crippen molar-refractivity contribution in [2.45, 2.75) is 6.61 Å². The van der Waals surface area contributed by atoms with Gasteiger partial charge in [-0.3, -0.25) is 5.01 Å². The highest BCUT2D eigenvalue weighted by molar-refractivity contribution is 5.55. The van der Waals surface area contributed by atoms with Crippen molar-refractivity contribution in [3.8, 4) is 0 Å². The Morgan fingerprint density at radius 1 is 1.53 bits per heavy atom. The van der Waals surface area contributed by atoms with Crippen LogP contribution >= 0.6 is 0 Å². The van der Waals surface area contributed by atoms with Gasteiger partial charge < -0.3 is 10.5 Å². The number of hydrogen-bond acceptors (Lipinski definition) is 4. The monoisotopic (exact) mass is 211 g/mol. The van der Waals surface area contributed by atoms with Crippen LogP contribution in [0.2, 0.25) is 0 Å². The Morgan fingerprint density at radius 2 is 2.27 bits per heavy atom. The minimum atomic E-state index is -0.412. The van der Waals surface area contributed by atoms with Crippen molar-refractivity contribution in [2.75, 3.05) is 12.1 Å². The van der Waals surface area contributed by atoms with Crippen molar-refractivity contribution < 1.29 is 9.13 Å². The van der Waals surface area contributed by atoms with Gasteiger partial charge in [0.05, 0.1) is 12.3 Å². The van der Waals surface area contributed by atoms with Crippen molar-refractivity contribution in [3.05, 3.63) is 42.0 Å². The van der Waals surface area contributed by atoms with Crippen LogP contribution in [0.3, 0.4) is 0 Å². The first-order valence-electron chi connectivity index (χ1n) is 4.39. The molecule has 0 aliphatic rings. The van der Waals surface area contributed by atoms with Gasteiger partial charge in [0.2, 0.25) is 0 Å². The summed E-state index contributed by atoms with van der Waals surface area (Å²) in [6.45, 7) is 0.291. The summed E-state index contributed by atoms with van der Waals surface area (Å²) < 4.78 is 18.4. The first-order chi connectivity index (χ1) is 7.20. The number of halogens is 1. The first kappa shape index (κ1) is 11.5. The topological polar surface area (TPSA) is 64.5 Å². The molecule has 0 atom stereocenters. The number of nitrogens with two attached hydrogens (primary N) is 2. The fraction of sp³-hybridized carbons (Fsp3) is 0.200. The molecule has 0 fully saturated rings. The molecule has 0 heterocycles. The number of methoxy groups -OCH3 is 1. The molecule has 0 spiro atoms. The molecular weight excluding hydrogens is 197 g/mol. The normalized spacial score (nSPS) is 10.9. The second-order valence-corrected chi connectivity index (χ2v) is 2.93. The molecule has 1 aromatic rings. The second kappa shape index (κ2) is 5.33. The Labute approximate surface area is 87.9 Å². The third kappa shape index (κ3) is 2.68. The predicted octanol–water partition coefficient (Wildman–Crippen LogP) is 1.08. The zero-order valence-electron chi connectivity index (χ0n) is 8.48. The van der Waals surface area contributed by atoms with Crippen LogP contribution in [0, 0.1) is 5.82 Å². The van der Waals surface area contributed by atoms with Crippen molar-refractivity contribution in [3.63, 3.8) is 0 Å². The van der Waals surface area contributed by atoms with E-state index in [2.05, 4.69) is 0 Å². The quantitative estimate of drug-likeness (QED) is 0.578. The average molecular weight is 211 g/mol. The Bertz CT molecular complexity index is 355. The van der Waals surface area contributed by atoms with Crippen LogP contribution in [0.25, 0.3) is 0 Å². The maximum atomic E-state index is 13.5. The predicted molar refractivity (Wildman–Crippen MR) is 57.1 cm³/mol. The van der Waals surface area contributed by atoms with Crippen molar-refractivity contribution in [2.24, 2.45) is 11.6 Å². The second-order valence-electron chi connectivity index (χ2n) is 2.93. The number of nitrogens with zero attached hydrogens (tertiary/aromatic N) is 1. The molecule has 0 saturated heterocycles. The Hall–Kier alpha value is -1.59. The average Bonchev–Trinajstić information content (AvgIpc) is 2.18. The molecule has 0 saturated carbocycles. The zero-order chi connectivity index (χ0) is 11.3. The molecule has 5 heteroatoms. The number of para-hydroxylation sites is 1. The van der Waals surface area contributed by atoms with Gasteiger partial charge in [-0.2, -0.15) is 0 Å². The van der Waals surface area contributed by atoms with Gasteiger partial charge in [-0.15, -0.1) is 0 Å². The number of hydrogen-bond donors (Lipinski definition) is 2. The summed E-state index contributed by atoms with van der Waals surface area (Å²) >= 11 is 0. The van der Waals surface area contributed by atoms with Gasteiger partial charge in [0.1, 0.15) is 5.82 Å². The van der Waals surface area contributed by atoms with E-state index in [0.29, 0.717) is 12.2 Å². The molecule has 0 aliphatic heterocycles. The van der Waals surface area contributed by atoms with Crippen molar-refractivity contribution in [1.29, 1.82) is 0 Å².